The zero-order valence-corrected chi connectivity index (χ0v) is 21.3. The monoisotopic (exact) mass is 528 g/mol. The lowest BCUT2D eigenvalue weighted by Gasteiger charge is -2.21. The molecule has 35 heavy (non-hydrogen) atoms. The second-order valence-corrected chi connectivity index (χ2v) is 10.8. The number of halogens is 2. The third kappa shape index (κ3) is 5.88. The molecule has 0 atom stereocenters. The minimum Gasteiger partial charge on any atom is -0.487 e. The van der Waals surface area contributed by atoms with Crippen LogP contribution in [0, 0.1) is 0 Å². The molecule has 0 radical (unpaired) electrons. The number of anilines is 2. The summed E-state index contributed by atoms with van der Waals surface area (Å²) < 4.78 is 31.4. The maximum Gasteiger partial charge on any atom is 0.255 e. The summed E-state index contributed by atoms with van der Waals surface area (Å²) in [6.45, 7) is 0.0477. The fourth-order valence-electron chi connectivity index (χ4n) is 3.49. The number of fused-ring (bicyclic) bond motifs is 1. The van der Waals surface area contributed by atoms with Gasteiger partial charge in [0.2, 0.25) is 10.0 Å². The predicted octanol–water partition coefficient (Wildman–Crippen LogP) is 6.37. The molecule has 9 heteroatoms. The molecule has 0 heterocycles. The summed E-state index contributed by atoms with van der Waals surface area (Å²) in [7, 11) is -2.13. The van der Waals surface area contributed by atoms with Crippen LogP contribution in [0.2, 0.25) is 10.0 Å². The van der Waals surface area contributed by atoms with Gasteiger partial charge < -0.3 is 10.1 Å². The van der Waals surface area contributed by atoms with Crippen molar-refractivity contribution in [2.24, 2.45) is 0 Å². The summed E-state index contributed by atoms with van der Waals surface area (Å²) in [6.07, 6.45) is 1.10. The molecule has 0 aliphatic carbocycles. The van der Waals surface area contributed by atoms with Gasteiger partial charge in [-0.1, -0.05) is 53.5 Å². The van der Waals surface area contributed by atoms with Crippen molar-refractivity contribution in [1.29, 1.82) is 0 Å². The average Bonchev–Trinajstić information content (AvgIpc) is 2.83. The van der Waals surface area contributed by atoms with Crippen molar-refractivity contribution in [2.75, 3.05) is 22.9 Å². The van der Waals surface area contributed by atoms with E-state index in [1.54, 1.807) is 42.5 Å². The Morgan fingerprint density at radius 1 is 0.943 bits per heavy atom. The molecule has 0 aromatic heterocycles. The Kier molecular flexibility index (Phi) is 7.21. The van der Waals surface area contributed by atoms with Crippen LogP contribution < -0.4 is 14.4 Å². The lowest BCUT2D eigenvalue weighted by atomic mass is 10.1. The van der Waals surface area contributed by atoms with Crippen LogP contribution >= 0.6 is 23.2 Å². The summed E-state index contributed by atoms with van der Waals surface area (Å²) in [6, 6.07) is 23.0. The zero-order valence-electron chi connectivity index (χ0n) is 19.0. The number of carbonyl (C=O) groups excluding carboxylic acids is 1. The lowest BCUT2D eigenvalue weighted by Crippen LogP contribution is -2.25. The van der Waals surface area contributed by atoms with E-state index < -0.39 is 10.0 Å². The van der Waals surface area contributed by atoms with E-state index >= 15 is 0 Å². The molecule has 6 nitrogen and oxygen atoms in total. The van der Waals surface area contributed by atoms with Crippen LogP contribution in [-0.2, 0) is 16.6 Å². The Balaban J connectivity index is 1.63. The molecule has 4 aromatic rings. The van der Waals surface area contributed by atoms with Gasteiger partial charge in [0.15, 0.2) is 0 Å². The van der Waals surface area contributed by atoms with E-state index in [2.05, 4.69) is 5.32 Å². The Morgan fingerprint density at radius 2 is 1.69 bits per heavy atom. The van der Waals surface area contributed by atoms with Crippen molar-refractivity contribution in [3.63, 3.8) is 0 Å². The molecule has 0 spiro atoms. The molecule has 0 aliphatic heterocycles. The van der Waals surface area contributed by atoms with Gasteiger partial charge in [-0.25, -0.2) is 8.42 Å². The predicted molar refractivity (Wildman–Crippen MR) is 142 cm³/mol. The molecule has 0 bridgehead atoms. The maximum absolute atomic E-state index is 12.9. The second-order valence-electron chi connectivity index (χ2n) is 7.95. The van der Waals surface area contributed by atoms with Gasteiger partial charge in [-0.15, -0.1) is 0 Å². The quantitative estimate of drug-likeness (QED) is 0.302. The molecule has 0 saturated carbocycles. The molecule has 180 valence electrons. The van der Waals surface area contributed by atoms with Crippen LogP contribution in [0.3, 0.4) is 0 Å². The molecule has 0 unspecified atom stereocenters. The molecular weight excluding hydrogens is 507 g/mol. The van der Waals surface area contributed by atoms with E-state index in [-0.39, 0.29) is 18.3 Å². The third-order valence-corrected chi connectivity index (χ3v) is 7.25. The first-order valence-electron chi connectivity index (χ1n) is 10.6. The summed E-state index contributed by atoms with van der Waals surface area (Å²) in [5, 5.41) is 5.80. The van der Waals surface area contributed by atoms with Gasteiger partial charge in [0.25, 0.3) is 5.91 Å². The smallest absolute Gasteiger partial charge is 0.255 e. The van der Waals surface area contributed by atoms with Crippen LogP contribution in [0.1, 0.15) is 15.9 Å². The molecule has 0 aliphatic rings. The standard InChI is InChI=1S/C26H22Cl2N2O4S/c1-30(35(2,32)33)24-12-10-22(15-25(24)34-16-20-14-21(27)9-11-23(20)28)29-26(31)19-8-7-17-5-3-4-6-18(17)13-19/h3-15H,16H2,1-2H3,(H,29,31). The normalized spacial score (nSPS) is 11.3. The lowest BCUT2D eigenvalue weighted by molar-refractivity contribution is 0.102. The van der Waals surface area contributed by atoms with Crippen molar-refractivity contribution in [3.05, 3.63) is 100 Å². The highest BCUT2D eigenvalue weighted by Crippen LogP contribution is 2.34. The van der Waals surface area contributed by atoms with Crippen molar-refractivity contribution in [2.45, 2.75) is 6.61 Å². The van der Waals surface area contributed by atoms with Gasteiger partial charge in [-0.2, -0.15) is 0 Å². The fourth-order valence-corrected chi connectivity index (χ4v) is 4.36. The zero-order chi connectivity index (χ0) is 25.2. The molecule has 0 saturated heterocycles. The van der Waals surface area contributed by atoms with Crippen LogP contribution in [0.5, 0.6) is 5.75 Å². The molecule has 1 N–H and O–H groups in total. The first-order valence-corrected chi connectivity index (χ1v) is 13.2. The van der Waals surface area contributed by atoms with Crippen LogP contribution in [0.25, 0.3) is 10.8 Å². The topological polar surface area (TPSA) is 75.7 Å². The fraction of sp³-hybridized carbons (Fsp3) is 0.115. The third-order valence-electron chi connectivity index (χ3n) is 5.46. The summed E-state index contributed by atoms with van der Waals surface area (Å²) >= 11 is 12.3. The molecule has 4 aromatic carbocycles. The first-order chi connectivity index (χ1) is 16.6. The van der Waals surface area contributed by atoms with Crippen molar-refractivity contribution < 1.29 is 17.9 Å². The largest absolute Gasteiger partial charge is 0.487 e. The van der Waals surface area contributed by atoms with E-state index in [0.717, 1.165) is 21.3 Å². The van der Waals surface area contributed by atoms with Gasteiger partial charge in [0.05, 0.1) is 11.9 Å². The Hall–Kier alpha value is -3.26. The highest BCUT2D eigenvalue weighted by molar-refractivity contribution is 7.92. The Labute approximate surface area is 214 Å². The van der Waals surface area contributed by atoms with Crippen LogP contribution in [0.15, 0.2) is 78.9 Å². The number of benzene rings is 4. The second kappa shape index (κ2) is 10.2. The number of carbonyl (C=O) groups is 1. The molecule has 0 fully saturated rings. The number of ether oxygens (including phenoxy) is 1. The van der Waals surface area contributed by atoms with Gasteiger partial charge in [-0.3, -0.25) is 9.10 Å². The average molecular weight is 529 g/mol. The number of sulfonamides is 1. The maximum atomic E-state index is 12.9. The van der Waals surface area contributed by atoms with Gasteiger partial charge in [-0.05, 0) is 53.2 Å². The van der Waals surface area contributed by atoms with E-state index in [9.17, 15) is 13.2 Å². The number of amides is 1. The number of nitrogens with zero attached hydrogens (tertiary/aromatic N) is 1. The van der Waals surface area contributed by atoms with Gasteiger partial charge >= 0.3 is 0 Å². The number of hydrogen-bond acceptors (Lipinski definition) is 4. The van der Waals surface area contributed by atoms with Gasteiger partial charge in [0, 0.05) is 40.0 Å². The van der Waals surface area contributed by atoms with E-state index in [4.69, 9.17) is 27.9 Å². The minimum atomic E-state index is -3.56. The highest BCUT2D eigenvalue weighted by atomic mass is 35.5. The summed E-state index contributed by atoms with van der Waals surface area (Å²) in [5.74, 6) is -0.0471. The van der Waals surface area contributed by atoms with E-state index in [1.807, 2.05) is 36.4 Å². The number of rotatable bonds is 7. The van der Waals surface area contributed by atoms with Crippen LogP contribution in [0.4, 0.5) is 11.4 Å². The highest BCUT2D eigenvalue weighted by Gasteiger charge is 2.19. The summed E-state index contributed by atoms with van der Waals surface area (Å²) in [4.78, 5) is 12.9. The molecule has 1 amide bonds. The summed E-state index contributed by atoms with van der Waals surface area (Å²) in [5.41, 5.74) is 1.89. The Morgan fingerprint density at radius 3 is 2.43 bits per heavy atom. The minimum absolute atomic E-state index is 0.0477. The number of nitrogens with one attached hydrogen (secondary N) is 1. The Bertz CT molecular complexity index is 1520. The SMILES string of the molecule is CN(c1ccc(NC(=O)c2ccc3ccccc3c2)cc1OCc1cc(Cl)ccc1Cl)S(C)(=O)=O. The van der Waals surface area contributed by atoms with Crippen LogP contribution in [-0.4, -0.2) is 27.6 Å². The van der Waals surface area contributed by atoms with E-state index in [1.165, 1.54) is 7.05 Å². The van der Waals surface area contributed by atoms with Gasteiger partial charge in [0.1, 0.15) is 12.4 Å². The van der Waals surface area contributed by atoms with E-state index in [0.29, 0.717) is 32.5 Å². The van der Waals surface area contributed by atoms with Crippen molar-refractivity contribution in [1.82, 2.24) is 0 Å². The molecular formula is C26H22Cl2N2O4S. The van der Waals surface area contributed by atoms with Crippen molar-refractivity contribution >= 4 is 61.3 Å². The van der Waals surface area contributed by atoms with Crippen molar-refractivity contribution in [3.8, 4) is 5.75 Å². The molecule has 4 rings (SSSR count). The first kappa shape index (κ1) is 24.9. The number of hydrogen-bond donors (Lipinski definition) is 1.